The standard InChI is InChI=1S/C19H18BN5O3/c20-28-16-7-11(12-8-17-18(21-9-12)27-6-5-26-17)1-4-14(16)15-10-22-19(25-24-15)23-13-2-3-13/h1,4,7-10,13H,2-3,5-6,20H2,(H,22,23,25). The van der Waals surface area contributed by atoms with Crippen LogP contribution in [0.15, 0.2) is 36.7 Å². The Morgan fingerprint density at radius 2 is 1.89 bits per heavy atom. The molecule has 1 aromatic carbocycles. The maximum Gasteiger partial charge on any atom is 0.322 e. The molecule has 3 aromatic rings. The van der Waals surface area contributed by atoms with Crippen LogP contribution in [0.2, 0.25) is 0 Å². The summed E-state index contributed by atoms with van der Waals surface area (Å²) in [5.74, 6) is 2.43. The number of ether oxygens (including phenoxy) is 2. The van der Waals surface area contributed by atoms with Crippen molar-refractivity contribution in [2.24, 2.45) is 0 Å². The molecule has 28 heavy (non-hydrogen) atoms. The number of nitrogens with zero attached hydrogens (tertiary/aromatic N) is 4. The fraction of sp³-hybridized carbons (Fsp3) is 0.263. The van der Waals surface area contributed by atoms with Gasteiger partial charge < -0.3 is 19.4 Å². The summed E-state index contributed by atoms with van der Waals surface area (Å²) < 4.78 is 16.7. The van der Waals surface area contributed by atoms with Crippen LogP contribution in [0.4, 0.5) is 5.95 Å². The summed E-state index contributed by atoms with van der Waals surface area (Å²) >= 11 is 0. The average molecular weight is 375 g/mol. The predicted molar refractivity (Wildman–Crippen MR) is 105 cm³/mol. The lowest BCUT2D eigenvalue weighted by Crippen LogP contribution is -2.16. The van der Waals surface area contributed by atoms with Crippen molar-refractivity contribution in [3.05, 3.63) is 36.7 Å². The molecule has 0 spiro atoms. The normalized spacial score (nSPS) is 15.1. The number of aromatic nitrogens is 4. The van der Waals surface area contributed by atoms with Gasteiger partial charge in [0.05, 0.1) is 6.20 Å². The SMILES string of the molecule is BOc1cc(-c2cnc3c(c2)OCCO3)ccc1-c1cnc(NC2CC2)nn1. The summed E-state index contributed by atoms with van der Waals surface area (Å²) in [4.78, 5) is 8.70. The molecule has 0 amide bonds. The van der Waals surface area contributed by atoms with Gasteiger partial charge in [-0.2, -0.15) is 0 Å². The molecule has 2 aromatic heterocycles. The van der Waals surface area contributed by atoms with Crippen molar-refractivity contribution < 1.29 is 14.1 Å². The van der Waals surface area contributed by atoms with Crippen LogP contribution in [-0.4, -0.2) is 47.5 Å². The van der Waals surface area contributed by atoms with Gasteiger partial charge in [0.2, 0.25) is 5.95 Å². The van der Waals surface area contributed by atoms with Gasteiger partial charge in [0.25, 0.3) is 5.88 Å². The highest BCUT2D eigenvalue weighted by Gasteiger charge is 2.22. The Morgan fingerprint density at radius 1 is 1.00 bits per heavy atom. The van der Waals surface area contributed by atoms with Crippen LogP contribution in [0.1, 0.15) is 12.8 Å². The lowest BCUT2D eigenvalue weighted by molar-refractivity contribution is 0.164. The fourth-order valence-electron chi connectivity index (χ4n) is 3.05. The first-order valence-electron chi connectivity index (χ1n) is 9.21. The minimum Gasteiger partial charge on any atom is -0.567 e. The van der Waals surface area contributed by atoms with Gasteiger partial charge in [-0.3, -0.25) is 0 Å². The van der Waals surface area contributed by atoms with Crippen LogP contribution < -0.4 is 19.4 Å². The van der Waals surface area contributed by atoms with Crippen molar-refractivity contribution in [3.63, 3.8) is 0 Å². The van der Waals surface area contributed by atoms with Gasteiger partial charge in [0.1, 0.15) is 24.7 Å². The molecule has 3 heterocycles. The van der Waals surface area contributed by atoms with Gasteiger partial charge in [0.15, 0.2) is 5.75 Å². The van der Waals surface area contributed by atoms with Crippen LogP contribution in [0.3, 0.4) is 0 Å². The number of hydrogen-bond acceptors (Lipinski definition) is 8. The predicted octanol–water partition coefficient (Wildman–Crippen LogP) is 1.87. The second-order valence-electron chi connectivity index (χ2n) is 6.72. The molecule has 0 atom stereocenters. The summed E-state index contributed by atoms with van der Waals surface area (Å²) in [6.45, 7) is 1.05. The molecule has 5 rings (SSSR count). The van der Waals surface area contributed by atoms with E-state index in [0.29, 0.717) is 48.3 Å². The van der Waals surface area contributed by atoms with Crippen LogP contribution in [0, 0.1) is 0 Å². The first-order chi connectivity index (χ1) is 13.8. The first kappa shape index (κ1) is 16.8. The number of nitrogens with one attached hydrogen (secondary N) is 1. The zero-order chi connectivity index (χ0) is 18.9. The quantitative estimate of drug-likeness (QED) is 0.676. The Balaban J connectivity index is 1.44. The highest BCUT2D eigenvalue weighted by Crippen LogP contribution is 2.36. The monoisotopic (exact) mass is 375 g/mol. The molecule has 1 N–H and O–H groups in total. The molecule has 140 valence electrons. The molecule has 1 saturated carbocycles. The minimum absolute atomic E-state index is 0.487. The summed E-state index contributed by atoms with van der Waals surface area (Å²) in [6, 6.07) is 8.30. The third-order valence-electron chi connectivity index (χ3n) is 4.68. The average Bonchev–Trinajstić information content (AvgIpc) is 3.57. The van der Waals surface area contributed by atoms with E-state index in [9.17, 15) is 0 Å². The lowest BCUT2D eigenvalue weighted by atomic mass is 10.0. The Kier molecular flexibility index (Phi) is 4.19. The van der Waals surface area contributed by atoms with Crippen LogP contribution in [0.5, 0.6) is 17.4 Å². The van der Waals surface area contributed by atoms with Crippen LogP contribution in [0.25, 0.3) is 22.4 Å². The number of anilines is 1. The number of rotatable bonds is 5. The molecule has 0 unspecified atom stereocenters. The Hall–Kier alpha value is -3.36. The summed E-state index contributed by atoms with van der Waals surface area (Å²) in [5, 5.41) is 11.7. The van der Waals surface area contributed by atoms with Gasteiger partial charge in [-0.25, -0.2) is 9.97 Å². The van der Waals surface area contributed by atoms with E-state index in [1.165, 1.54) is 0 Å². The summed E-state index contributed by atoms with van der Waals surface area (Å²) in [6.07, 6.45) is 5.80. The molecular formula is C19H18BN5O3. The summed E-state index contributed by atoms with van der Waals surface area (Å²) in [5.41, 5.74) is 3.36. The number of benzene rings is 1. The van der Waals surface area contributed by atoms with Gasteiger partial charge in [-0.1, -0.05) is 6.07 Å². The number of pyridine rings is 1. The zero-order valence-electron chi connectivity index (χ0n) is 15.4. The molecule has 0 radical (unpaired) electrons. The van der Waals surface area contributed by atoms with Crippen molar-refractivity contribution >= 4 is 14.0 Å². The van der Waals surface area contributed by atoms with Crippen molar-refractivity contribution in [1.82, 2.24) is 20.2 Å². The largest absolute Gasteiger partial charge is 0.567 e. The lowest BCUT2D eigenvalue weighted by Gasteiger charge is -2.18. The van der Waals surface area contributed by atoms with Crippen molar-refractivity contribution in [3.8, 4) is 39.8 Å². The highest BCUT2D eigenvalue weighted by molar-refractivity contribution is 6.01. The molecule has 1 fully saturated rings. The van der Waals surface area contributed by atoms with Crippen LogP contribution >= 0.6 is 0 Å². The molecule has 9 heteroatoms. The molecule has 2 aliphatic rings. The van der Waals surface area contributed by atoms with Gasteiger partial charge in [-0.05, 0) is 36.6 Å². The van der Waals surface area contributed by atoms with Crippen molar-refractivity contribution in [2.45, 2.75) is 18.9 Å². The maximum atomic E-state index is 5.63. The van der Waals surface area contributed by atoms with Gasteiger partial charge in [0, 0.05) is 23.4 Å². The summed E-state index contributed by atoms with van der Waals surface area (Å²) in [7, 11) is 1.63. The van der Waals surface area contributed by atoms with E-state index in [4.69, 9.17) is 14.1 Å². The van der Waals surface area contributed by atoms with Crippen molar-refractivity contribution in [2.75, 3.05) is 18.5 Å². The fourth-order valence-corrected chi connectivity index (χ4v) is 3.05. The maximum absolute atomic E-state index is 5.63. The van der Waals surface area contributed by atoms with E-state index in [1.807, 2.05) is 24.3 Å². The molecule has 1 aliphatic carbocycles. The zero-order valence-corrected chi connectivity index (χ0v) is 15.4. The second-order valence-corrected chi connectivity index (χ2v) is 6.72. The molecule has 0 saturated heterocycles. The molecular weight excluding hydrogens is 357 g/mol. The minimum atomic E-state index is 0.487. The van der Waals surface area contributed by atoms with E-state index >= 15 is 0 Å². The third-order valence-corrected chi connectivity index (χ3v) is 4.68. The second kappa shape index (κ2) is 6.99. The third kappa shape index (κ3) is 3.31. The van der Waals surface area contributed by atoms with Gasteiger partial charge >= 0.3 is 8.05 Å². The number of fused-ring (bicyclic) bond motifs is 1. The molecule has 0 bridgehead atoms. The smallest absolute Gasteiger partial charge is 0.322 e. The van der Waals surface area contributed by atoms with E-state index < -0.39 is 0 Å². The van der Waals surface area contributed by atoms with E-state index in [-0.39, 0.29) is 0 Å². The van der Waals surface area contributed by atoms with E-state index in [2.05, 4.69) is 25.5 Å². The molecule has 8 nitrogen and oxygen atoms in total. The van der Waals surface area contributed by atoms with Crippen LogP contribution in [-0.2, 0) is 0 Å². The Morgan fingerprint density at radius 3 is 2.68 bits per heavy atom. The number of hydrogen-bond donors (Lipinski definition) is 1. The first-order valence-corrected chi connectivity index (χ1v) is 9.21. The topological polar surface area (TPSA) is 91.3 Å². The Labute approximate surface area is 162 Å². The van der Waals surface area contributed by atoms with E-state index in [0.717, 1.165) is 29.5 Å². The molecule has 1 aliphatic heterocycles. The highest BCUT2D eigenvalue weighted by atomic mass is 16.6. The Bertz CT molecular complexity index is 1010. The van der Waals surface area contributed by atoms with Gasteiger partial charge in [-0.15, -0.1) is 10.2 Å². The van der Waals surface area contributed by atoms with E-state index in [1.54, 1.807) is 20.4 Å². The van der Waals surface area contributed by atoms with Crippen molar-refractivity contribution in [1.29, 1.82) is 0 Å².